The lowest BCUT2D eigenvalue weighted by atomic mass is 10.1. The van der Waals surface area contributed by atoms with Crippen molar-refractivity contribution in [2.45, 2.75) is 6.92 Å². The minimum atomic E-state index is -1.49. The van der Waals surface area contributed by atoms with Crippen LogP contribution in [-0.4, -0.2) is 17.6 Å². The molecule has 0 amide bonds. The summed E-state index contributed by atoms with van der Waals surface area (Å²) >= 11 is 0. The fourth-order valence-corrected chi connectivity index (χ4v) is 1.61. The summed E-state index contributed by atoms with van der Waals surface area (Å²) in [6.45, 7) is 2.30. The van der Waals surface area contributed by atoms with Crippen LogP contribution in [0.25, 0.3) is 10.9 Å². The Balaban J connectivity index is 2.69. The van der Waals surface area contributed by atoms with Gasteiger partial charge in [0.25, 0.3) is 0 Å². The van der Waals surface area contributed by atoms with Crippen molar-refractivity contribution in [3.8, 4) is 5.75 Å². The number of hydrogen-bond donors (Lipinski definition) is 1. The van der Waals surface area contributed by atoms with Crippen molar-refractivity contribution in [3.05, 3.63) is 40.2 Å². The SMILES string of the molecule is CCOc1ccc2[nH]cc(C(=O)[O-])c(=O)c2c1. The van der Waals surface area contributed by atoms with Crippen LogP contribution in [0.15, 0.2) is 29.2 Å². The van der Waals surface area contributed by atoms with Crippen molar-refractivity contribution >= 4 is 16.9 Å². The van der Waals surface area contributed by atoms with E-state index in [0.29, 0.717) is 17.9 Å². The summed E-state index contributed by atoms with van der Waals surface area (Å²) in [5, 5.41) is 11.0. The zero-order valence-electron chi connectivity index (χ0n) is 9.15. The number of fused-ring (bicyclic) bond motifs is 1. The number of carbonyl (C=O) groups is 1. The van der Waals surface area contributed by atoms with Crippen LogP contribution in [0, 0.1) is 0 Å². The number of hydrogen-bond acceptors (Lipinski definition) is 4. The molecule has 5 nitrogen and oxygen atoms in total. The molecule has 1 aromatic heterocycles. The third-order valence-corrected chi connectivity index (χ3v) is 2.38. The van der Waals surface area contributed by atoms with Gasteiger partial charge in [-0.3, -0.25) is 4.79 Å². The first kappa shape index (κ1) is 11.2. The Morgan fingerprint density at radius 1 is 1.47 bits per heavy atom. The van der Waals surface area contributed by atoms with E-state index in [4.69, 9.17) is 4.74 Å². The van der Waals surface area contributed by atoms with E-state index in [1.165, 1.54) is 6.07 Å². The molecule has 88 valence electrons. The molecular weight excluding hydrogens is 222 g/mol. The third-order valence-electron chi connectivity index (χ3n) is 2.38. The zero-order chi connectivity index (χ0) is 12.4. The number of benzene rings is 1. The van der Waals surface area contributed by atoms with Crippen LogP contribution in [0.1, 0.15) is 17.3 Å². The van der Waals surface area contributed by atoms with E-state index in [1.807, 2.05) is 6.92 Å². The van der Waals surface area contributed by atoms with Crippen LogP contribution in [0.4, 0.5) is 0 Å². The van der Waals surface area contributed by atoms with E-state index in [9.17, 15) is 14.7 Å². The number of ether oxygens (including phenoxy) is 1. The summed E-state index contributed by atoms with van der Waals surface area (Å²) in [5.74, 6) is -0.962. The quantitative estimate of drug-likeness (QED) is 0.824. The largest absolute Gasteiger partial charge is 0.545 e. The Labute approximate surface area is 96.7 Å². The summed E-state index contributed by atoms with van der Waals surface area (Å²) < 4.78 is 5.25. The molecule has 2 rings (SSSR count). The van der Waals surface area contributed by atoms with Crippen molar-refractivity contribution < 1.29 is 14.6 Å². The molecule has 0 saturated carbocycles. The molecule has 1 aromatic carbocycles. The van der Waals surface area contributed by atoms with Gasteiger partial charge in [-0.15, -0.1) is 0 Å². The van der Waals surface area contributed by atoms with Crippen LogP contribution >= 0.6 is 0 Å². The Kier molecular flexibility index (Phi) is 2.82. The number of carbonyl (C=O) groups excluding carboxylic acids is 1. The van der Waals surface area contributed by atoms with Crippen LogP contribution in [0.5, 0.6) is 5.75 Å². The van der Waals surface area contributed by atoms with Crippen LogP contribution in [0.3, 0.4) is 0 Å². The number of pyridine rings is 1. The van der Waals surface area contributed by atoms with Gasteiger partial charge >= 0.3 is 0 Å². The molecule has 0 aliphatic carbocycles. The molecule has 5 heteroatoms. The molecule has 0 saturated heterocycles. The smallest absolute Gasteiger partial charge is 0.198 e. The normalized spacial score (nSPS) is 10.4. The topological polar surface area (TPSA) is 82.2 Å². The van der Waals surface area contributed by atoms with E-state index >= 15 is 0 Å². The van der Waals surface area contributed by atoms with Gasteiger partial charge in [-0.1, -0.05) is 0 Å². The molecule has 0 atom stereocenters. The van der Waals surface area contributed by atoms with Gasteiger partial charge in [-0.2, -0.15) is 0 Å². The van der Waals surface area contributed by atoms with Crippen molar-refractivity contribution in [3.63, 3.8) is 0 Å². The Bertz CT molecular complexity index is 630. The Hall–Kier alpha value is -2.30. The number of carboxylic acid groups (broad SMARTS) is 1. The monoisotopic (exact) mass is 232 g/mol. The van der Waals surface area contributed by atoms with Gasteiger partial charge in [0.1, 0.15) is 5.75 Å². The van der Waals surface area contributed by atoms with Gasteiger partial charge in [0, 0.05) is 17.1 Å². The highest BCUT2D eigenvalue weighted by Gasteiger charge is 2.06. The van der Waals surface area contributed by atoms with Crippen LogP contribution in [0.2, 0.25) is 0 Å². The van der Waals surface area contributed by atoms with E-state index in [-0.39, 0.29) is 10.9 Å². The lowest BCUT2D eigenvalue weighted by molar-refractivity contribution is -0.255. The standard InChI is InChI=1S/C12H11NO4/c1-2-17-7-3-4-10-8(5-7)11(14)9(6-13-10)12(15)16/h3-6H,2H2,1H3,(H,13,14)(H,15,16)/p-1. The maximum atomic E-state index is 11.8. The van der Waals surface area contributed by atoms with Crippen LogP contribution < -0.4 is 15.3 Å². The zero-order valence-corrected chi connectivity index (χ0v) is 9.15. The molecule has 0 fully saturated rings. The molecule has 0 aliphatic heterocycles. The second kappa shape index (κ2) is 4.29. The average Bonchev–Trinajstić information content (AvgIpc) is 2.30. The first-order valence-corrected chi connectivity index (χ1v) is 5.13. The van der Waals surface area contributed by atoms with Crippen molar-refractivity contribution in [1.82, 2.24) is 4.98 Å². The third kappa shape index (κ3) is 1.99. The summed E-state index contributed by atoms with van der Waals surface area (Å²) in [5.41, 5.74) is -0.394. The van der Waals surface area contributed by atoms with Gasteiger partial charge < -0.3 is 19.6 Å². The number of carboxylic acids is 1. The number of aromatic carboxylic acids is 1. The second-order valence-corrected chi connectivity index (χ2v) is 3.46. The second-order valence-electron chi connectivity index (χ2n) is 3.46. The molecule has 17 heavy (non-hydrogen) atoms. The molecule has 1 heterocycles. The molecular formula is C12H10NO4-. The minimum absolute atomic E-state index is 0.276. The van der Waals surface area contributed by atoms with Crippen molar-refractivity contribution in [2.24, 2.45) is 0 Å². The molecule has 0 radical (unpaired) electrons. The maximum Gasteiger partial charge on any atom is 0.198 e. The van der Waals surface area contributed by atoms with Gasteiger partial charge in [0.2, 0.25) is 0 Å². The number of aromatic nitrogens is 1. The molecule has 1 N–H and O–H groups in total. The predicted molar refractivity (Wildman–Crippen MR) is 60.1 cm³/mol. The first-order valence-electron chi connectivity index (χ1n) is 5.13. The van der Waals surface area contributed by atoms with Crippen molar-refractivity contribution in [2.75, 3.05) is 6.61 Å². The minimum Gasteiger partial charge on any atom is -0.545 e. The lowest BCUT2D eigenvalue weighted by Gasteiger charge is -2.06. The summed E-state index contributed by atoms with van der Waals surface area (Å²) in [6, 6.07) is 4.89. The predicted octanol–water partition coefficient (Wildman–Crippen LogP) is 0.290. The van der Waals surface area contributed by atoms with Gasteiger partial charge in [0.15, 0.2) is 5.43 Å². The van der Waals surface area contributed by atoms with Crippen LogP contribution in [-0.2, 0) is 0 Å². The summed E-state index contributed by atoms with van der Waals surface area (Å²) in [7, 11) is 0. The van der Waals surface area contributed by atoms with E-state index < -0.39 is 11.4 Å². The van der Waals surface area contributed by atoms with Crippen molar-refractivity contribution in [1.29, 1.82) is 0 Å². The fraction of sp³-hybridized carbons (Fsp3) is 0.167. The van der Waals surface area contributed by atoms with E-state index in [0.717, 1.165) is 6.20 Å². The Morgan fingerprint density at radius 3 is 2.88 bits per heavy atom. The lowest BCUT2D eigenvalue weighted by Crippen LogP contribution is -2.29. The van der Waals surface area contributed by atoms with Gasteiger partial charge in [-0.25, -0.2) is 0 Å². The molecule has 0 spiro atoms. The maximum absolute atomic E-state index is 11.8. The highest BCUT2D eigenvalue weighted by molar-refractivity contribution is 5.91. The highest BCUT2D eigenvalue weighted by atomic mass is 16.5. The molecule has 0 aliphatic rings. The first-order chi connectivity index (χ1) is 8.13. The molecule has 0 unspecified atom stereocenters. The average molecular weight is 232 g/mol. The Morgan fingerprint density at radius 2 is 2.24 bits per heavy atom. The summed E-state index contributed by atoms with van der Waals surface area (Å²) in [4.78, 5) is 25.3. The molecule has 0 bridgehead atoms. The highest BCUT2D eigenvalue weighted by Crippen LogP contribution is 2.17. The number of rotatable bonds is 3. The van der Waals surface area contributed by atoms with E-state index in [1.54, 1.807) is 12.1 Å². The molecule has 2 aromatic rings. The number of aromatic amines is 1. The van der Waals surface area contributed by atoms with E-state index in [2.05, 4.69) is 4.98 Å². The van der Waals surface area contributed by atoms with Gasteiger partial charge in [0.05, 0.1) is 18.1 Å². The summed E-state index contributed by atoms with van der Waals surface area (Å²) in [6.07, 6.45) is 1.14. The van der Waals surface area contributed by atoms with Gasteiger partial charge in [-0.05, 0) is 25.1 Å². The number of H-pyrrole nitrogens is 1. The fourth-order valence-electron chi connectivity index (χ4n) is 1.61. The number of nitrogens with one attached hydrogen (secondary N) is 1.